The zero-order valence-corrected chi connectivity index (χ0v) is 6.71. The van der Waals surface area contributed by atoms with Crippen molar-refractivity contribution in [3.8, 4) is 0 Å². The van der Waals surface area contributed by atoms with E-state index in [0.29, 0.717) is 0 Å². The van der Waals surface area contributed by atoms with Gasteiger partial charge in [0.05, 0.1) is 6.61 Å². The molecule has 1 atom stereocenters. The summed E-state index contributed by atoms with van der Waals surface area (Å²) in [6, 6.07) is 0.278. The van der Waals surface area contributed by atoms with Crippen LogP contribution in [0.4, 0.5) is 0 Å². The molecule has 0 aliphatic carbocycles. The minimum atomic E-state index is 0.236. The van der Waals surface area contributed by atoms with Crippen molar-refractivity contribution in [2.45, 2.75) is 13.0 Å². The van der Waals surface area contributed by atoms with Crippen molar-refractivity contribution in [2.24, 2.45) is 0 Å². The van der Waals surface area contributed by atoms with Gasteiger partial charge in [-0.3, -0.25) is 0 Å². The minimum absolute atomic E-state index is 0.236. The lowest BCUT2D eigenvalue weighted by Crippen LogP contribution is -2.22. The average molecular weight is 215 g/mol. The Labute approximate surface area is 58.0 Å². The molecule has 0 saturated carbocycles. The van der Waals surface area contributed by atoms with Crippen LogP contribution in [0.3, 0.4) is 0 Å². The van der Waals surface area contributed by atoms with E-state index in [1.54, 1.807) is 0 Å². The second-order valence-electron chi connectivity index (χ2n) is 1.56. The maximum absolute atomic E-state index is 8.46. The highest BCUT2D eigenvalue weighted by Gasteiger charge is 2.00. The molecule has 0 amide bonds. The monoisotopic (exact) mass is 215 g/mol. The van der Waals surface area contributed by atoms with Crippen LogP contribution in [0.15, 0.2) is 0 Å². The molecule has 0 aromatic rings. The van der Waals surface area contributed by atoms with Gasteiger partial charge < -0.3 is 5.11 Å². The number of hydrogen-bond acceptors (Lipinski definition) is 2. The second-order valence-corrected chi connectivity index (χ2v) is 3.08. The van der Waals surface area contributed by atoms with Crippen LogP contribution in [0.25, 0.3) is 0 Å². The van der Waals surface area contributed by atoms with E-state index in [2.05, 4.69) is 22.9 Å². The molecule has 0 radical (unpaired) electrons. The highest BCUT2D eigenvalue weighted by Crippen LogP contribution is 1.99. The van der Waals surface area contributed by atoms with Crippen molar-refractivity contribution in [1.29, 1.82) is 0 Å². The fourth-order valence-electron chi connectivity index (χ4n) is 0.113. The summed E-state index contributed by atoms with van der Waals surface area (Å²) in [5.41, 5.74) is 0. The number of likely N-dealkylation sites (N-methyl/N-ethyl adjacent to an activating group) is 1. The van der Waals surface area contributed by atoms with E-state index in [-0.39, 0.29) is 12.6 Å². The molecule has 0 spiro atoms. The summed E-state index contributed by atoms with van der Waals surface area (Å²) in [7, 11) is 1.93. The summed E-state index contributed by atoms with van der Waals surface area (Å²) >= 11 is 2.14. The Morgan fingerprint density at radius 1 is 1.86 bits per heavy atom. The van der Waals surface area contributed by atoms with Crippen LogP contribution >= 0.6 is 22.9 Å². The molecule has 0 aromatic carbocycles. The van der Waals surface area contributed by atoms with Crippen molar-refractivity contribution in [3.63, 3.8) is 0 Å². The summed E-state index contributed by atoms with van der Waals surface area (Å²) in [6.07, 6.45) is 0. The van der Waals surface area contributed by atoms with Gasteiger partial charge in [0.25, 0.3) is 0 Å². The molecule has 44 valence electrons. The van der Waals surface area contributed by atoms with Gasteiger partial charge in [0.2, 0.25) is 0 Å². The quantitative estimate of drug-likeness (QED) is 0.540. The van der Waals surface area contributed by atoms with Crippen LogP contribution in [-0.2, 0) is 0 Å². The summed E-state index contributed by atoms with van der Waals surface area (Å²) in [6.45, 7) is 2.20. The van der Waals surface area contributed by atoms with Gasteiger partial charge in [-0.2, -0.15) is 0 Å². The summed E-state index contributed by atoms with van der Waals surface area (Å²) in [4.78, 5) is 0. The van der Waals surface area contributed by atoms with E-state index in [0.717, 1.165) is 0 Å². The molecule has 0 bridgehead atoms. The first-order valence-corrected chi connectivity index (χ1v) is 3.14. The highest BCUT2D eigenvalue weighted by atomic mass is 127. The third kappa shape index (κ3) is 3.25. The molecule has 0 fully saturated rings. The van der Waals surface area contributed by atoms with Crippen LogP contribution in [0.1, 0.15) is 6.92 Å². The SMILES string of the molecule is C[C@H](CO)N(C)I. The number of aliphatic hydroxyl groups excluding tert-OH is 1. The lowest BCUT2D eigenvalue weighted by molar-refractivity contribution is 0.229. The smallest absolute Gasteiger partial charge is 0.0592 e. The van der Waals surface area contributed by atoms with Crippen molar-refractivity contribution < 1.29 is 5.11 Å². The van der Waals surface area contributed by atoms with Gasteiger partial charge >= 0.3 is 0 Å². The standard InChI is InChI=1S/C4H10INO/c1-4(3-7)6(2)5/h4,7H,3H2,1-2H3/t4-/m1/s1. The molecule has 7 heavy (non-hydrogen) atoms. The zero-order chi connectivity index (χ0) is 5.86. The average Bonchev–Trinajstić information content (AvgIpc) is 1.65. The first kappa shape index (κ1) is 7.65. The van der Waals surface area contributed by atoms with Crippen molar-refractivity contribution in [1.82, 2.24) is 3.11 Å². The van der Waals surface area contributed by atoms with Crippen LogP contribution in [0.2, 0.25) is 0 Å². The van der Waals surface area contributed by atoms with Gasteiger partial charge in [-0.1, -0.05) is 0 Å². The van der Waals surface area contributed by atoms with E-state index in [1.165, 1.54) is 0 Å². The van der Waals surface area contributed by atoms with Crippen LogP contribution in [0.5, 0.6) is 0 Å². The molecule has 0 rings (SSSR count). The summed E-state index contributed by atoms with van der Waals surface area (Å²) < 4.78 is 1.94. The third-order valence-corrected chi connectivity index (χ3v) is 1.82. The molecule has 1 N–H and O–H groups in total. The maximum atomic E-state index is 8.46. The first-order valence-electron chi connectivity index (χ1n) is 2.18. The van der Waals surface area contributed by atoms with Gasteiger partial charge in [-0.15, -0.1) is 0 Å². The molecular formula is C4H10INO. The zero-order valence-electron chi connectivity index (χ0n) is 4.56. The molecule has 0 aliphatic heterocycles. The maximum Gasteiger partial charge on any atom is 0.0592 e. The highest BCUT2D eigenvalue weighted by molar-refractivity contribution is 14.1. The van der Waals surface area contributed by atoms with Crippen LogP contribution < -0.4 is 0 Å². The molecule has 3 heteroatoms. The fraction of sp³-hybridized carbons (Fsp3) is 1.00. The lowest BCUT2D eigenvalue weighted by atomic mass is 10.4. The Kier molecular flexibility index (Phi) is 3.96. The summed E-state index contributed by atoms with van der Waals surface area (Å²) in [5.74, 6) is 0. The Balaban J connectivity index is 3.14. The van der Waals surface area contributed by atoms with Gasteiger partial charge in [0, 0.05) is 28.9 Å². The van der Waals surface area contributed by atoms with Gasteiger partial charge in [-0.25, -0.2) is 3.11 Å². The third-order valence-electron chi connectivity index (χ3n) is 0.872. The predicted octanol–water partition coefficient (Wildman–Crippen LogP) is 0.649. The van der Waals surface area contributed by atoms with Gasteiger partial charge in [0.1, 0.15) is 0 Å². The normalized spacial score (nSPS) is 15.0. The Bertz CT molecular complexity index is 49.0. The van der Waals surface area contributed by atoms with E-state index in [1.807, 2.05) is 17.1 Å². The number of nitrogens with zero attached hydrogens (tertiary/aromatic N) is 1. The molecule has 0 heterocycles. The van der Waals surface area contributed by atoms with Gasteiger partial charge in [-0.05, 0) is 14.0 Å². The predicted molar refractivity (Wildman–Crippen MR) is 38.3 cm³/mol. The molecule has 0 aliphatic rings. The Hall–Kier alpha value is 0.650. The number of rotatable bonds is 2. The second kappa shape index (κ2) is 3.63. The first-order chi connectivity index (χ1) is 3.18. The van der Waals surface area contributed by atoms with E-state index < -0.39 is 0 Å². The Morgan fingerprint density at radius 3 is 2.29 bits per heavy atom. The number of halogens is 1. The fourth-order valence-corrected chi connectivity index (χ4v) is 0.289. The number of aliphatic hydroxyl groups is 1. The Morgan fingerprint density at radius 2 is 2.29 bits per heavy atom. The van der Waals surface area contributed by atoms with Gasteiger partial charge in [0.15, 0.2) is 0 Å². The molecule has 0 saturated heterocycles. The van der Waals surface area contributed by atoms with E-state index in [9.17, 15) is 0 Å². The lowest BCUT2D eigenvalue weighted by Gasteiger charge is -2.12. The largest absolute Gasteiger partial charge is 0.395 e. The topological polar surface area (TPSA) is 23.5 Å². The van der Waals surface area contributed by atoms with Crippen molar-refractivity contribution in [2.75, 3.05) is 13.7 Å². The van der Waals surface area contributed by atoms with Crippen LogP contribution in [-0.4, -0.2) is 27.9 Å². The number of hydrogen-bond donors (Lipinski definition) is 1. The van der Waals surface area contributed by atoms with Crippen molar-refractivity contribution in [3.05, 3.63) is 0 Å². The molecule has 0 aromatic heterocycles. The molecule has 2 nitrogen and oxygen atoms in total. The minimum Gasteiger partial charge on any atom is -0.395 e. The summed E-state index contributed by atoms with van der Waals surface area (Å²) in [5, 5.41) is 8.46. The van der Waals surface area contributed by atoms with E-state index >= 15 is 0 Å². The molecule has 0 unspecified atom stereocenters. The van der Waals surface area contributed by atoms with Crippen LogP contribution in [0, 0.1) is 0 Å². The van der Waals surface area contributed by atoms with E-state index in [4.69, 9.17) is 5.11 Å². The molecular weight excluding hydrogens is 205 g/mol. The van der Waals surface area contributed by atoms with Crippen molar-refractivity contribution >= 4 is 22.9 Å².